The number of hydrogen-bond acceptors (Lipinski definition) is 4. The van der Waals surface area contributed by atoms with E-state index in [4.69, 9.17) is 10.8 Å². The third kappa shape index (κ3) is 2.83. The van der Waals surface area contributed by atoms with Crippen LogP contribution in [0.1, 0.15) is 19.5 Å². The number of aliphatic hydroxyl groups is 1. The van der Waals surface area contributed by atoms with Crippen LogP contribution in [0.5, 0.6) is 0 Å². The fourth-order valence-electron chi connectivity index (χ4n) is 1.50. The van der Waals surface area contributed by atoms with Crippen LogP contribution < -0.4 is 10.6 Å². The summed E-state index contributed by atoms with van der Waals surface area (Å²) in [7, 11) is 0. The number of nitrogens with zero attached hydrogens (tertiary/aromatic N) is 2. The van der Waals surface area contributed by atoms with Crippen LogP contribution in [0.4, 0.5) is 11.5 Å². The highest BCUT2D eigenvalue weighted by Gasteiger charge is 2.14. The molecule has 0 bridgehead atoms. The van der Waals surface area contributed by atoms with Crippen LogP contribution in [0.3, 0.4) is 0 Å². The van der Waals surface area contributed by atoms with E-state index in [0.29, 0.717) is 12.2 Å². The van der Waals surface area contributed by atoms with Gasteiger partial charge in [-0.25, -0.2) is 4.98 Å². The zero-order valence-electron chi connectivity index (χ0n) is 9.57. The lowest BCUT2D eigenvalue weighted by molar-refractivity contribution is 0.298. The smallest absolute Gasteiger partial charge is 0.152 e. The molecule has 0 amide bonds. The molecule has 1 aromatic rings. The summed E-state index contributed by atoms with van der Waals surface area (Å²) in [5, 5.41) is 9.00. The summed E-state index contributed by atoms with van der Waals surface area (Å²) < 4.78 is 0. The van der Waals surface area contributed by atoms with Gasteiger partial charge >= 0.3 is 0 Å². The van der Waals surface area contributed by atoms with Gasteiger partial charge in [-0.05, 0) is 32.9 Å². The van der Waals surface area contributed by atoms with Gasteiger partial charge in [0.1, 0.15) is 0 Å². The molecule has 4 nitrogen and oxygen atoms in total. The van der Waals surface area contributed by atoms with E-state index in [2.05, 4.69) is 18.8 Å². The van der Waals surface area contributed by atoms with Crippen LogP contribution in [0.25, 0.3) is 0 Å². The van der Waals surface area contributed by atoms with Crippen molar-refractivity contribution in [3.8, 4) is 0 Å². The summed E-state index contributed by atoms with van der Waals surface area (Å²) in [5.41, 5.74) is 7.46. The molecule has 0 aromatic carbocycles. The predicted molar refractivity (Wildman–Crippen MR) is 63.0 cm³/mol. The zero-order chi connectivity index (χ0) is 11.4. The van der Waals surface area contributed by atoms with Crippen LogP contribution in [0.15, 0.2) is 12.1 Å². The fourth-order valence-corrected chi connectivity index (χ4v) is 1.50. The van der Waals surface area contributed by atoms with Gasteiger partial charge in [0.25, 0.3) is 0 Å². The number of hydrogen-bond donors (Lipinski definition) is 2. The molecule has 1 aromatic heterocycles. The first-order valence-corrected chi connectivity index (χ1v) is 5.17. The predicted octanol–water partition coefficient (Wildman–Crippen LogP) is 1.18. The maximum absolute atomic E-state index is 9.00. The second kappa shape index (κ2) is 4.98. The molecule has 1 rings (SSSR count). The maximum Gasteiger partial charge on any atom is 0.152 e. The van der Waals surface area contributed by atoms with Crippen molar-refractivity contribution in [3.05, 3.63) is 17.8 Å². The van der Waals surface area contributed by atoms with Gasteiger partial charge < -0.3 is 15.7 Å². The van der Waals surface area contributed by atoms with Crippen molar-refractivity contribution >= 4 is 11.5 Å². The lowest BCUT2D eigenvalue weighted by Gasteiger charge is -2.28. The average Bonchev–Trinajstić information content (AvgIpc) is 2.18. The maximum atomic E-state index is 9.00. The Morgan fingerprint density at radius 2 is 2.13 bits per heavy atom. The van der Waals surface area contributed by atoms with E-state index in [1.165, 1.54) is 0 Å². The molecule has 0 radical (unpaired) electrons. The summed E-state index contributed by atoms with van der Waals surface area (Å²) in [4.78, 5) is 6.41. The molecule has 3 N–H and O–H groups in total. The number of aryl methyl sites for hydroxylation is 1. The minimum atomic E-state index is 0.104. The Hall–Kier alpha value is -1.29. The summed E-state index contributed by atoms with van der Waals surface area (Å²) in [6.07, 6.45) is 0. The van der Waals surface area contributed by atoms with E-state index in [1.54, 1.807) is 0 Å². The Morgan fingerprint density at radius 1 is 1.47 bits per heavy atom. The summed E-state index contributed by atoms with van der Waals surface area (Å²) >= 11 is 0. The number of nitrogen functional groups attached to an aromatic ring is 1. The lowest BCUT2D eigenvalue weighted by Crippen LogP contribution is -2.34. The number of aliphatic hydroxyl groups excluding tert-OH is 1. The Kier molecular flexibility index (Phi) is 3.91. The molecule has 0 spiro atoms. The fraction of sp³-hybridized carbons (Fsp3) is 0.545. The average molecular weight is 209 g/mol. The highest BCUT2D eigenvalue weighted by molar-refractivity contribution is 5.63. The molecule has 84 valence electrons. The number of aromatic nitrogens is 1. The van der Waals surface area contributed by atoms with Crippen molar-refractivity contribution in [3.63, 3.8) is 0 Å². The van der Waals surface area contributed by atoms with Crippen molar-refractivity contribution in [2.75, 3.05) is 23.8 Å². The van der Waals surface area contributed by atoms with Gasteiger partial charge in [-0.1, -0.05) is 0 Å². The third-order valence-corrected chi connectivity index (χ3v) is 2.28. The number of anilines is 2. The first kappa shape index (κ1) is 11.8. The Morgan fingerprint density at radius 3 is 2.67 bits per heavy atom. The molecular weight excluding hydrogens is 190 g/mol. The Balaban J connectivity index is 3.04. The van der Waals surface area contributed by atoms with Gasteiger partial charge in [-0.2, -0.15) is 0 Å². The number of pyridine rings is 1. The van der Waals surface area contributed by atoms with Gasteiger partial charge in [0.05, 0.1) is 12.3 Å². The molecule has 4 heteroatoms. The molecule has 0 atom stereocenters. The quantitative estimate of drug-likeness (QED) is 0.781. The normalized spacial score (nSPS) is 10.7. The molecule has 0 aliphatic carbocycles. The number of nitrogens with two attached hydrogens (primary N) is 1. The molecule has 0 aliphatic rings. The first-order valence-electron chi connectivity index (χ1n) is 5.17. The van der Waals surface area contributed by atoms with Crippen LogP contribution in [-0.2, 0) is 0 Å². The lowest BCUT2D eigenvalue weighted by atomic mass is 10.2. The van der Waals surface area contributed by atoms with Crippen molar-refractivity contribution in [2.45, 2.75) is 26.8 Å². The largest absolute Gasteiger partial charge is 0.396 e. The van der Waals surface area contributed by atoms with Crippen LogP contribution in [0, 0.1) is 6.92 Å². The monoisotopic (exact) mass is 209 g/mol. The zero-order valence-corrected chi connectivity index (χ0v) is 9.57. The van der Waals surface area contributed by atoms with E-state index < -0.39 is 0 Å². The summed E-state index contributed by atoms with van der Waals surface area (Å²) in [5.74, 6) is 0.763. The second-order valence-electron chi connectivity index (χ2n) is 3.88. The van der Waals surface area contributed by atoms with Gasteiger partial charge in [0.15, 0.2) is 5.82 Å². The molecule has 0 unspecified atom stereocenters. The van der Waals surface area contributed by atoms with Gasteiger partial charge in [-0.3, -0.25) is 0 Å². The SMILES string of the molecule is Cc1ccc(N)c(N(CCO)C(C)C)n1. The highest BCUT2D eigenvalue weighted by Crippen LogP contribution is 2.22. The topological polar surface area (TPSA) is 62.4 Å². The molecular formula is C11H19N3O. The van der Waals surface area contributed by atoms with E-state index in [-0.39, 0.29) is 12.6 Å². The minimum absolute atomic E-state index is 0.104. The summed E-state index contributed by atoms with van der Waals surface area (Å²) in [6, 6.07) is 4.01. The van der Waals surface area contributed by atoms with E-state index >= 15 is 0 Å². The summed E-state index contributed by atoms with van der Waals surface area (Å²) in [6.45, 7) is 6.70. The van der Waals surface area contributed by atoms with Crippen molar-refractivity contribution in [1.29, 1.82) is 0 Å². The van der Waals surface area contributed by atoms with Crippen molar-refractivity contribution in [1.82, 2.24) is 4.98 Å². The van der Waals surface area contributed by atoms with Crippen LogP contribution in [0.2, 0.25) is 0 Å². The van der Waals surface area contributed by atoms with E-state index in [0.717, 1.165) is 11.5 Å². The van der Waals surface area contributed by atoms with Crippen LogP contribution >= 0.6 is 0 Å². The van der Waals surface area contributed by atoms with Gasteiger partial charge in [-0.15, -0.1) is 0 Å². The van der Waals surface area contributed by atoms with Crippen molar-refractivity contribution in [2.24, 2.45) is 0 Å². The van der Waals surface area contributed by atoms with Crippen LogP contribution in [-0.4, -0.2) is 29.3 Å². The van der Waals surface area contributed by atoms with E-state index in [1.807, 2.05) is 24.0 Å². The molecule has 0 fully saturated rings. The third-order valence-electron chi connectivity index (χ3n) is 2.28. The van der Waals surface area contributed by atoms with Gasteiger partial charge in [0.2, 0.25) is 0 Å². The van der Waals surface area contributed by atoms with Gasteiger partial charge in [0, 0.05) is 18.3 Å². The standard InChI is InChI=1S/C11H19N3O/c1-8(2)14(6-7-15)11-10(12)5-4-9(3)13-11/h4-5,8,15H,6-7,12H2,1-3H3. The molecule has 0 saturated heterocycles. The van der Waals surface area contributed by atoms with Crippen molar-refractivity contribution < 1.29 is 5.11 Å². The first-order chi connectivity index (χ1) is 7.06. The Bertz CT molecular complexity index is 326. The molecule has 0 aliphatic heterocycles. The second-order valence-corrected chi connectivity index (χ2v) is 3.88. The number of rotatable bonds is 4. The minimum Gasteiger partial charge on any atom is -0.396 e. The Labute approximate surface area is 90.7 Å². The van der Waals surface area contributed by atoms with E-state index in [9.17, 15) is 0 Å². The highest BCUT2D eigenvalue weighted by atomic mass is 16.3. The molecule has 0 saturated carbocycles. The molecule has 1 heterocycles. The molecule has 15 heavy (non-hydrogen) atoms.